The molecule has 0 spiro atoms. The lowest BCUT2D eigenvalue weighted by Crippen LogP contribution is -2.45. The van der Waals surface area contributed by atoms with Gasteiger partial charge in [-0.05, 0) is 30.5 Å². The molecule has 1 amide bonds. The highest BCUT2D eigenvalue weighted by Crippen LogP contribution is 2.34. The molecule has 1 atom stereocenters. The van der Waals surface area contributed by atoms with E-state index in [0.717, 1.165) is 0 Å². The van der Waals surface area contributed by atoms with E-state index in [-0.39, 0.29) is 11.5 Å². The highest BCUT2D eigenvalue weighted by atomic mass is 35.5. The second kappa shape index (κ2) is 5.85. The van der Waals surface area contributed by atoms with Gasteiger partial charge in [0.2, 0.25) is 0 Å². The molecule has 0 saturated heterocycles. The number of rotatable bonds is 4. The number of hydrogen-bond donors (Lipinski definition) is 0. The molecule has 6 heteroatoms. The van der Waals surface area contributed by atoms with Gasteiger partial charge in [0.05, 0.1) is 18.4 Å². The predicted molar refractivity (Wildman–Crippen MR) is 78.5 cm³/mol. The number of halogens is 1. The van der Waals surface area contributed by atoms with E-state index in [9.17, 15) is 14.4 Å². The largest absolute Gasteiger partial charge is 0.467 e. The van der Waals surface area contributed by atoms with Crippen molar-refractivity contribution >= 4 is 34.9 Å². The highest BCUT2D eigenvalue weighted by Gasteiger charge is 2.43. The Kier molecular flexibility index (Phi) is 4.32. The summed E-state index contributed by atoms with van der Waals surface area (Å²) in [6.07, 6.45) is 0.410. The number of benzene rings is 1. The molecule has 1 aliphatic rings. The van der Waals surface area contributed by atoms with Gasteiger partial charge in [-0.3, -0.25) is 14.5 Å². The molecule has 0 N–H and O–H groups in total. The van der Waals surface area contributed by atoms with Gasteiger partial charge < -0.3 is 4.74 Å². The molecule has 0 fully saturated rings. The van der Waals surface area contributed by atoms with E-state index in [0.29, 0.717) is 17.1 Å². The number of amides is 1. The molecule has 21 heavy (non-hydrogen) atoms. The van der Waals surface area contributed by atoms with Crippen molar-refractivity contribution < 1.29 is 19.1 Å². The first kappa shape index (κ1) is 15.5. The minimum atomic E-state index is -0.811. The molecule has 1 aliphatic heterocycles. The summed E-state index contributed by atoms with van der Waals surface area (Å²) in [7, 11) is 1.26. The van der Waals surface area contributed by atoms with Crippen LogP contribution in [0.4, 0.5) is 5.69 Å². The number of anilines is 1. The summed E-state index contributed by atoms with van der Waals surface area (Å²) in [5.41, 5.74) is 0.635. The molecule has 0 bridgehead atoms. The van der Waals surface area contributed by atoms with Crippen molar-refractivity contribution in [1.29, 1.82) is 0 Å². The van der Waals surface area contributed by atoms with Gasteiger partial charge >= 0.3 is 5.97 Å². The number of Topliss-reactive ketones (excluding diaryl/α,β-unsaturated/α-hetero) is 1. The molecule has 112 valence electrons. The van der Waals surface area contributed by atoms with E-state index in [1.165, 1.54) is 18.1 Å². The average molecular weight is 310 g/mol. The molecule has 1 aromatic carbocycles. The quantitative estimate of drug-likeness (QED) is 0.633. The van der Waals surface area contributed by atoms with E-state index in [2.05, 4.69) is 0 Å². The van der Waals surface area contributed by atoms with Gasteiger partial charge in [0, 0.05) is 5.02 Å². The summed E-state index contributed by atoms with van der Waals surface area (Å²) in [5, 5.41) is 0.371. The van der Waals surface area contributed by atoms with Crippen molar-refractivity contribution in [3.63, 3.8) is 0 Å². The van der Waals surface area contributed by atoms with Crippen LogP contribution in [0.1, 0.15) is 30.6 Å². The SMILES string of the molecule is COC(=O)C(CC(C)C)N1C(=O)C(=O)c2cc(Cl)ccc21. The van der Waals surface area contributed by atoms with E-state index in [1.807, 2.05) is 13.8 Å². The first-order chi connectivity index (χ1) is 9.86. The van der Waals surface area contributed by atoms with Crippen LogP contribution in [0.2, 0.25) is 5.02 Å². The minimum Gasteiger partial charge on any atom is -0.467 e. The molecular weight excluding hydrogens is 294 g/mol. The van der Waals surface area contributed by atoms with Gasteiger partial charge in [0.25, 0.3) is 11.7 Å². The van der Waals surface area contributed by atoms with Crippen molar-refractivity contribution in [2.45, 2.75) is 26.3 Å². The number of ether oxygens (including phenoxy) is 1. The Hall–Kier alpha value is -1.88. The predicted octanol–water partition coefficient (Wildman–Crippen LogP) is 2.46. The van der Waals surface area contributed by atoms with Gasteiger partial charge in [-0.2, -0.15) is 0 Å². The third-order valence-electron chi connectivity index (χ3n) is 3.36. The molecule has 1 unspecified atom stereocenters. The first-order valence-corrected chi connectivity index (χ1v) is 7.00. The molecule has 1 heterocycles. The summed E-state index contributed by atoms with van der Waals surface area (Å²) in [6.45, 7) is 3.86. The summed E-state index contributed by atoms with van der Waals surface area (Å²) in [5.74, 6) is -1.74. The van der Waals surface area contributed by atoms with Crippen LogP contribution in [0.3, 0.4) is 0 Å². The van der Waals surface area contributed by atoms with Crippen LogP contribution in [0, 0.1) is 5.92 Å². The minimum absolute atomic E-state index is 0.161. The molecular formula is C15H16ClNO4. The zero-order chi connectivity index (χ0) is 15.7. The maximum Gasteiger partial charge on any atom is 0.328 e. The third-order valence-corrected chi connectivity index (χ3v) is 3.59. The Morgan fingerprint density at radius 1 is 1.33 bits per heavy atom. The van der Waals surface area contributed by atoms with E-state index < -0.39 is 23.7 Å². The molecule has 5 nitrogen and oxygen atoms in total. The van der Waals surface area contributed by atoms with Crippen LogP contribution in [-0.2, 0) is 14.3 Å². The van der Waals surface area contributed by atoms with E-state index >= 15 is 0 Å². The lowest BCUT2D eigenvalue weighted by molar-refractivity contribution is -0.143. The molecule has 2 rings (SSSR count). The monoisotopic (exact) mass is 309 g/mol. The normalized spacial score (nSPS) is 15.4. The van der Waals surface area contributed by atoms with Crippen molar-refractivity contribution in [3.05, 3.63) is 28.8 Å². The molecule has 0 aliphatic carbocycles. The zero-order valence-electron chi connectivity index (χ0n) is 12.1. The van der Waals surface area contributed by atoms with Gasteiger partial charge in [-0.1, -0.05) is 25.4 Å². The van der Waals surface area contributed by atoms with Crippen LogP contribution in [0.5, 0.6) is 0 Å². The number of carbonyl (C=O) groups is 3. The van der Waals surface area contributed by atoms with Crippen molar-refractivity contribution in [2.24, 2.45) is 5.92 Å². The van der Waals surface area contributed by atoms with Gasteiger partial charge in [0.1, 0.15) is 6.04 Å². The number of fused-ring (bicyclic) bond motifs is 1. The average Bonchev–Trinajstić information content (AvgIpc) is 2.68. The number of nitrogens with zero attached hydrogens (tertiary/aromatic N) is 1. The Morgan fingerprint density at radius 3 is 2.57 bits per heavy atom. The summed E-state index contributed by atoms with van der Waals surface area (Å²) >= 11 is 5.86. The standard InChI is InChI=1S/C15H16ClNO4/c1-8(2)6-12(15(20)21-3)17-11-5-4-9(16)7-10(11)13(18)14(17)19/h4-5,7-8,12H,6H2,1-3H3. The summed E-state index contributed by atoms with van der Waals surface area (Å²) in [6, 6.07) is 3.80. The first-order valence-electron chi connectivity index (χ1n) is 6.62. The number of esters is 1. The van der Waals surface area contributed by atoms with Crippen LogP contribution < -0.4 is 4.90 Å². The smallest absolute Gasteiger partial charge is 0.328 e. The fourth-order valence-electron chi connectivity index (χ4n) is 2.43. The number of ketones is 1. The van der Waals surface area contributed by atoms with Crippen molar-refractivity contribution in [3.8, 4) is 0 Å². The molecule has 0 saturated carbocycles. The lowest BCUT2D eigenvalue weighted by atomic mass is 10.0. The third kappa shape index (κ3) is 2.78. The Labute approximate surface area is 127 Å². The van der Waals surface area contributed by atoms with Crippen molar-refractivity contribution in [1.82, 2.24) is 0 Å². The van der Waals surface area contributed by atoms with E-state index in [4.69, 9.17) is 16.3 Å². The van der Waals surface area contributed by atoms with Gasteiger partial charge in [-0.25, -0.2) is 4.79 Å². The zero-order valence-corrected chi connectivity index (χ0v) is 12.8. The number of methoxy groups -OCH3 is 1. The van der Waals surface area contributed by atoms with Gasteiger partial charge in [0.15, 0.2) is 0 Å². The fourth-order valence-corrected chi connectivity index (χ4v) is 2.61. The van der Waals surface area contributed by atoms with E-state index in [1.54, 1.807) is 12.1 Å². The Bertz CT molecular complexity index is 612. The fraction of sp³-hybridized carbons (Fsp3) is 0.400. The lowest BCUT2D eigenvalue weighted by Gasteiger charge is -2.27. The number of carbonyl (C=O) groups excluding carboxylic acids is 3. The summed E-state index contributed by atoms with van der Waals surface area (Å²) in [4.78, 5) is 37.5. The second-order valence-electron chi connectivity index (χ2n) is 5.33. The molecule has 0 radical (unpaired) electrons. The number of hydrogen-bond acceptors (Lipinski definition) is 4. The van der Waals surface area contributed by atoms with Crippen LogP contribution >= 0.6 is 11.6 Å². The second-order valence-corrected chi connectivity index (χ2v) is 5.77. The molecule has 1 aromatic rings. The van der Waals surface area contributed by atoms with Gasteiger partial charge in [-0.15, -0.1) is 0 Å². The van der Waals surface area contributed by atoms with Crippen LogP contribution in [-0.4, -0.2) is 30.8 Å². The summed E-state index contributed by atoms with van der Waals surface area (Å²) < 4.78 is 4.78. The van der Waals surface area contributed by atoms with Crippen LogP contribution in [0.25, 0.3) is 0 Å². The Balaban J connectivity index is 2.49. The Morgan fingerprint density at radius 2 is 2.00 bits per heavy atom. The maximum atomic E-state index is 12.2. The maximum absolute atomic E-state index is 12.2. The van der Waals surface area contributed by atoms with Crippen LogP contribution in [0.15, 0.2) is 18.2 Å². The highest BCUT2D eigenvalue weighted by molar-refractivity contribution is 6.53. The van der Waals surface area contributed by atoms with Crippen molar-refractivity contribution in [2.75, 3.05) is 12.0 Å². The molecule has 0 aromatic heterocycles. The topological polar surface area (TPSA) is 63.7 Å².